The molecule has 1 aromatic carbocycles. The number of fused-ring (bicyclic) bond motifs is 1. The number of hydrogen-bond donors (Lipinski definition) is 0. The average Bonchev–Trinajstić information content (AvgIpc) is 2.58. The summed E-state index contributed by atoms with van der Waals surface area (Å²) in [4.78, 5) is 29.7. The predicted molar refractivity (Wildman–Crippen MR) is 97.7 cm³/mol. The summed E-state index contributed by atoms with van der Waals surface area (Å²) in [5, 5.41) is 0.498. The van der Waals surface area contributed by atoms with Gasteiger partial charge in [-0.25, -0.2) is 9.78 Å². The summed E-state index contributed by atoms with van der Waals surface area (Å²) < 4.78 is 2.55. The first-order valence-corrected chi connectivity index (χ1v) is 8.62. The first-order chi connectivity index (χ1) is 11.4. The Balaban J connectivity index is 2.09. The molecular weight excluding hydrogens is 322 g/mol. The number of pyridine rings is 1. The van der Waals surface area contributed by atoms with E-state index < -0.39 is 0 Å². The van der Waals surface area contributed by atoms with Crippen molar-refractivity contribution in [2.24, 2.45) is 14.1 Å². The maximum absolute atomic E-state index is 12.6. The van der Waals surface area contributed by atoms with Crippen LogP contribution in [0.1, 0.15) is 16.7 Å². The molecule has 124 valence electrons. The van der Waals surface area contributed by atoms with Crippen LogP contribution in [0.3, 0.4) is 0 Å². The van der Waals surface area contributed by atoms with E-state index in [4.69, 9.17) is 0 Å². The van der Waals surface area contributed by atoms with Crippen LogP contribution in [-0.4, -0.2) is 14.1 Å². The van der Waals surface area contributed by atoms with Crippen LogP contribution in [0, 0.1) is 13.8 Å². The van der Waals surface area contributed by atoms with Gasteiger partial charge < -0.3 is 0 Å². The van der Waals surface area contributed by atoms with Gasteiger partial charge in [-0.15, -0.1) is 11.8 Å². The van der Waals surface area contributed by atoms with Crippen molar-refractivity contribution in [2.75, 3.05) is 0 Å². The molecule has 3 rings (SSSR count). The molecule has 0 unspecified atom stereocenters. The van der Waals surface area contributed by atoms with Crippen molar-refractivity contribution in [1.82, 2.24) is 14.1 Å². The minimum atomic E-state index is -0.364. The fourth-order valence-electron chi connectivity index (χ4n) is 2.69. The molecule has 0 saturated heterocycles. The van der Waals surface area contributed by atoms with Gasteiger partial charge in [0.25, 0.3) is 5.56 Å². The van der Waals surface area contributed by atoms with Crippen LogP contribution < -0.4 is 11.2 Å². The van der Waals surface area contributed by atoms with Gasteiger partial charge in [-0.3, -0.25) is 13.9 Å². The van der Waals surface area contributed by atoms with E-state index in [9.17, 15) is 9.59 Å². The monoisotopic (exact) mass is 341 g/mol. The van der Waals surface area contributed by atoms with Crippen molar-refractivity contribution in [3.63, 3.8) is 0 Å². The molecular formula is C18H19N3O2S. The van der Waals surface area contributed by atoms with Crippen molar-refractivity contribution < 1.29 is 0 Å². The molecule has 3 aromatic rings. The predicted octanol–water partition coefficient (Wildman–Crippen LogP) is 2.54. The van der Waals surface area contributed by atoms with E-state index in [1.807, 2.05) is 6.07 Å². The first-order valence-electron chi connectivity index (χ1n) is 7.64. The maximum atomic E-state index is 12.6. The van der Waals surface area contributed by atoms with Crippen molar-refractivity contribution >= 4 is 22.8 Å². The minimum Gasteiger partial charge on any atom is -0.280 e. The van der Waals surface area contributed by atoms with Crippen LogP contribution in [0.25, 0.3) is 11.0 Å². The Morgan fingerprint density at radius 1 is 1.08 bits per heavy atom. The molecule has 0 radical (unpaired) electrons. The SMILES string of the molecule is Cc1ccc(C)c(CSc2ccnc3c2c(=O)n(C)c(=O)n3C)c1. The van der Waals surface area contributed by atoms with Crippen LogP contribution in [0.4, 0.5) is 0 Å². The number of benzene rings is 1. The molecule has 2 aromatic heterocycles. The van der Waals surface area contributed by atoms with Crippen molar-refractivity contribution in [1.29, 1.82) is 0 Å². The molecule has 0 fully saturated rings. The Kier molecular flexibility index (Phi) is 4.32. The zero-order valence-electron chi connectivity index (χ0n) is 14.2. The van der Waals surface area contributed by atoms with Crippen LogP contribution in [0.2, 0.25) is 0 Å². The minimum absolute atomic E-state index is 0.301. The van der Waals surface area contributed by atoms with Gasteiger partial charge in [0.1, 0.15) is 5.65 Å². The quantitative estimate of drug-likeness (QED) is 0.687. The largest absolute Gasteiger partial charge is 0.332 e. The molecule has 0 aliphatic rings. The highest BCUT2D eigenvalue weighted by Gasteiger charge is 2.14. The standard InChI is InChI=1S/C18H19N3O2S/c1-11-5-6-12(2)13(9-11)10-24-14-7-8-19-16-15(14)17(22)21(4)18(23)20(16)3/h5-9H,10H2,1-4H3. The third kappa shape index (κ3) is 2.78. The van der Waals surface area contributed by atoms with E-state index in [0.717, 1.165) is 15.2 Å². The second kappa shape index (κ2) is 6.28. The number of aryl methyl sites for hydroxylation is 3. The van der Waals surface area contributed by atoms with Gasteiger partial charge >= 0.3 is 5.69 Å². The summed E-state index contributed by atoms with van der Waals surface area (Å²) >= 11 is 1.59. The summed E-state index contributed by atoms with van der Waals surface area (Å²) in [5.41, 5.74) is 3.45. The average molecular weight is 341 g/mol. The van der Waals surface area contributed by atoms with Gasteiger partial charge in [0.05, 0.1) is 5.39 Å². The van der Waals surface area contributed by atoms with Crippen molar-refractivity contribution in [3.8, 4) is 0 Å². The molecule has 0 spiro atoms. The Morgan fingerprint density at radius 2 is 1.83 bits per heavy atom. The molecule has 0 saturated carbocycles. The molecule has 0 atom stereocenters. The van der Waals surface area contributed by atoms with Gasteiger partial charge in [-0.1, -0.05) is 23.8 Å². The number of rotatable bonds is 3. The van der Waals surface area contributed by atoms with Gasteiger partial charge in [-0.05, 0) is 31.0 Å². The fraction of sp³-hybridized carbons (Fsp3) is 0.278. The lowest BCUT2D eigenvalue weighted by atomic mass is 10.1. The van der Waals surface area contributed by atoms with Crippen molar-refractivity contribution in [3.05, 3.63) is 68.0 Å². The molecule has 6 heteroatoms. The van der Waals surface area contributed by atoms with Gasteiger partial charge in [-0.2, -0.15) is 0 Å². The molecule has 0 aliphatic carbocycles. The second-order valence-corrected chi connectivity index (χ2v) is 6.95. The molecule has 0 bridgehead atoms. The molecule has 24 heavy (non-hydrogen) atoms. The first kappa shape index (κ1) is 16.5. The Hall–Kier alpha value is -2.34. The number of aromatic nitrogens is 3. The van der Waals surface area contributed by atoms with Gasteiger partial charge in [0.15, 0.2) is 0 Å². The summed E-state index contributed by atoms with van der Waals surface area (Å²) in [6.07, 6.45) is 1.65. The second-order valence-electron chi connectivity index (χ2n) is 5.93. The lowest BCUT2D eigenvalue weighted by molar-refractivity contribution is 0.706. The lowest BCUT2D eigenvalue weighted by Crippen LogP contribution is -2.37. The van der Waals surface area contributed by atoms with Gasteiger partial charge in [0.2, 0.25) is 0 Å². The zero-order chi connectivity index (χ0) is 17.4. The van der Waals surface area contributed by atoms with Crippen LogP contribution in [-0.2, 0) is 19.8 Å². The topological polar surface area (TPSA) is 56.9 Å². The summed E-state index contributed by atoms with van der Waals surface area (Å²) in [6, 6.07) is 8.21. The molecule has 5 nitrogen and oxygen atoms in total. The van der Waals surface area contributed by atoms with Crippen LogP contribution in [0.15, 0.2) is 44.9 Å². The molecule has 0 aliphatic heterocycles. The Morgan fingerprint density at radius 3 is 2.58 bits per heavy atom. The third-order valence-corrected chi connectivity index (χ3v) is 5.30. The van der Waals surface area contributed by atoms with E-state index >= 15 is 0 Å². The highest BCUT2D eigenvalue weighted by molar-refractivity contribution is 7.98. The highest BCUT2D eigenvalue weighted by Crippen LogP contribution is 2.28. The zero-order valence-corrected chi connectivity index (χ0v) is 15.0. The summed E-state index contributed by atoms with van der Waals surface area (Å²) in [7, 11) is 3.13. The Bertz CT molecular complexity index is 1050. The van der Waals surface area contributed by atoms with E-state index in [-0.39, 0.29) is 11.2 Å². The number of thioether (sulfide) groups is 1. The van der Waals surface area contributed by atoms with E-state index in [1.165, 1.54) is 28.3 Å². The van der Waals surface area contributed by atoms with Crippen LogP contribution in [0.5, 0.6) is 0 Å². The molecule has 2 heterocycles. The smallest absolute Gasteiger partial charge is 0.280 e. The van der Waals surface area contributed by atoms with E-state index in [2.05, 4.69) is 37.0 Å². The van der Waals surface area contributed by atoms with Gasteiger partial charge in [0, 0.05) is 30.9 Å². The fourth-order valence-corrected chi connectivity index (χ4v) is 3.79. The maximum Gasteiger partial charge on any atom is 0.332 e. The van der Waals surface area contributed by atoms with E-state index in [0.29, 0.717) is 11.0 Å². The summed E-state index contributed by atoms with van der Waals surface area (Å²) in [5.74, 6) is 0.763. The normalized spacial score (nSPS) is 11.2. The highest BCUT2D eigenvalue weighted by atomic mass is 32.2. The van der Waals surface area contributed by atoms with Crippen LogP contribution >= 0.6 is 11.8 Å². The summed E-state index contributed by atoms with van der Waals surface area (Å²) in [6.45, 7) is 4.16. The lowest BCUT2D eigenvalue weighted by Gasteiger charge is -2.11. The number of nitrogens with zero attached hydrogens (tertiary/aromatic N) is 3. The molecule has 0 amide bonds. The third-order valence-electron chi connectivity index (χ3n) is 4.19. The van der Waals surface area contributed by atoms with Crippen molar-refractivity contribution in [2.45, 2.75) is 24.5 Å². The Labute approximate surface area is 144 Å². The number of hydrogen-bond acceptors (Lipinski definition) is 4. The molecule has 0 N–H and O–H groups in total. The van der Waals surface area contributed by atoms with E-state index in [1.54, 1.807) is 25.0 Å².